The summed E-state index contributed by atoms with van der Waals surface area (Å²) in [7, 11) is -3.61. The van der Waals surface area contributed by atoms with Crippen molar-refractivity contribution < 1.29 is 48.0 Å². The standard InChI is InChI=1S/C57H73FN8O9Si/c1-6-73-44-16-19-49-39(30-44)32-47(59-23-8-10-26-67)54(70)65(49)42-14-12-13-38(29-42)35-64-51-18-15-43(66-50-20-17-45(74-7-2)31-40(50)33-48(55(66)71)60-24-9-11-27-68)34-46(51)57(56(64)72)37(3)53(76(4,5)58)52(75-57)21-25-63-36-41(22-28-69)61-62-63/h12-20,29-31,34,36-37,47-48,52-53,59-60,67-69H,6-11,21-28,32-33,35H2,1-5H3/t37-,47?,48?,52+,53-,57+/m0/s1. The fourth-order valence-corrected chi connectivity index (χ4v) is 14.5. The number of hydrogen-bond donors (Lipinski definition) is 5. The number of amides is 3. The number of unbranched alkanes of at least 4 members (excludes halogenated alkanes) is 2. The number of aryl methyl sites for hydroxylation is 1. The molecule has 4 aromatic carbocycles. The summed E-state index contributed by atoms with van der Waals surface area (Å²) in [4.78, 5) is 50.5. The predicted octanol–water partition coefficient (Wildman–Crippen LogP) is 6.93. The maximum Gasteiger partial charge on any atom is 0.264 e. The van der Waals surface area contributed by atoms with Crippen LogP contribution >= 0.6 is 0 Å². The van der Waals surface area contributed by atoms with Gasteiger partial charge in [0.05, 0.1) is 60.7 Å². The Morgan fingerprint density at radius 1 is 0.763 bits per heavy atom. The number of benzene rings is 4. The number of hydrogen-bond acceptors (Lipinski definition) is 13. The number of ether oxygens (including phenoxy) is 3. The van der Waals surface area contributed by atoms with E-state index in [-0.39, 0.29) is 44.1 Å². The first-order chi connectivity index (χ1) is 36.7. The van der Waals surface area contributed by atoms with Crippen LogP contribution in [0.5, 0.6) is 11.5 Å². The van der Waals surface area contributed by atoms with Crippen molar-refractivity contribution in [2.24, 2.45) is 5.92 Å². The molecule has 76 heavy (non-hydrogen) atoms. The Morgan fingerprint density at radius 3 is 1.92 bits per heavy atom. The Kier molecular flexibility index (Phi) is 17.0. The molecule has 1 aromatic heterocycles. The number of aliphatic hydroxyl groups excluding tert-OH is 3. The van der Waals surface area contributed by atoms with E-state index >= 15 is 8.90 Å². The number of fused-ring (bicyclic) bond motifs is 4. The molecule has 5 N–H and O–H groups in total. The molecule has 0 aliphatic carbocycles. The fourth-order valence-electron chi connectivity index (χ4n) is 12.0. The van der Waals surface area contributed by atoms with Crippen LogP contribution in [0.1, 0.15) is 80.8 Å². The van der Waals surface area contributed by atoms with Crippen LogP contribution in [-0.2, 0) is 57.1 Å². The van der Waals surface area contributed by atoms with Gasteiger partial charge < -0.3 is 49.2 Å². The number of rotatable bonds is 24. The summed E-state index contributed by atoms with van der Waals surface area (Å²) in [5.41, 5.74) is 4.58. The van der Waals surface area contributed by atoms with Crippen LogP contribution in [0.4, 0.5) is 32.5 Å². The van der Waals surface area contributed by atoms with Gasteiger partial charge in [0, 0.05) is 67.4 Å². The zero-order valence-electron chi connectivity index (χ0n) is 44.3. The molecule has 0 saturated carbocycles. The highest BCUT2D eigenvalue weighted by Gasteiger charge is 2.67. The molecule has 1 spiro atoms. The summed E-state index contributed by atoms with van der Waals surface area (Å²) in [5.74, 6) is 0.0873. The highest BCUT2D eigenvalue weighted by Crippen LogP contribution is 2.61. The molecule has 5 aromatic rings. The van der Waals surface area contributed by atoms with E-state index in [9.17, 15) is 24.9 Å². The van der Waals surface area contributed by atoms with Gasteiger partial charge in [-0.15, -0.1) is 5.10 Å². The Balaban J connectivity index is 1.12. The van der Waals surface area contributed by atoms with Crippen molar-refractivity contribution in [2.45, 2.75) is 128 Å². The van der Waals surface area contributed by atoms with Crippen molar-refractivity contribution in [3.8, 4) is 11.5 Å². The van der Waals surface area contributed by atoms with Gasteiger partial charge in [-0.25, -0.2) is 0 Å². The minimum atomic E-state index is -3.61. The third-order valence-electron chi connectivity index (χ3n) is 15.4. The van der Waals surface area contributed by atoms with Crippen molar-refractivity contribution in [3.63, 3.8) is 0 Å². The largest absolute Gasteiger partial charge is 0.494 e. The Morgan fingerprint density at radius 2 is 1.36 bits per heavy atom. The van der Waals surface area contributed by atoms with Crippen molar-refractivity contribution >= 4 is 54.6 Å². The van der Waals surface area contributed by atoms with E-state index in [0.717, 1.165) is 22.4 Å². The van der Waals surface area contributed by atoms with Crippen molar-refractivity contribution in [1.82, 2.24) is 25.6 Å². The minimum Gasteiger partial charge on any atom is -0.494 e. The van der Waals surface area contributed by atoms with Crippen molar-refractivity contribution in [2.75, 3.05) is 60.8 Å². The molecule has 1 saturated heterocycles. The highest BCUT2D eigenvalue weighted by atomic mass is 28.4. The van der Waals surface area contributed by atoms with Crippen LogP contribution < -0.4 is 34.8 Å². The Hall–Kier alpha value is -6.06. The van der Waals surface area contributed by atoms with Crippen LogP contribution in [0.3, 0.4) is 0 Å². The number of nitrogens with one attached hydrogen (secondary N) is 2. The van der Waals surface area contributed by atoms with Crippen LogP contribution in [0.2, 0.25) is 18.6 Å². The van der Waals surface area contributed by atoms with Crippen LogP contribution in [-0.4, -0.2) is 121 Å². The number of aromatic nitrogens is 3. The Bertz CT molecular complexity index is 2880. The molecular weight excluding hydrogens is 988 g/mol. The number of anilines is 5. The van der Waals surface area contributed by atoms with E-state index < -0.39 is 43.7 Å². The van der Waals surface area contributed by atoms with Crippen molar-refractivity contribution in [1.29, 1.82) is 0 Å². The van der Waals surface area contributed by atoms with Crippen molar-refractivity contribution in [3.05, 3.63) is 113 Å². The van der Waals surface area contributed by atoms with Gasteiger partial charge in [-0.05, 0) is 168 Å². The van der Waals surface area contributed by atoms with E-state index in [2.05, 4.69) is 20.9 Å². The van der Waals surface area contributed by atoms with E-state index in [0.29, 0.717) is 130 Å². The third-order valence-corrected chi connectivity index (χ3v) is 17.8. The first-order valence-corrected chi connectivity index (χ1v) is 30.0. The first kappa shape index (κ1) is 54.7. The van der Waals surface area contributed by atoms with Gasteiger partial charge in [0.15, 0.2) is 5.60 Å². The lowest BCUT2D eigenvalue weighted by molar-refractivity contribution is -0.146. The zero-order chi connectivity index (χ0) is 53.7. The fraction of sp³-hybridized carbons (Fsp3) is 0.491. The topological polar surface area (TPSA) is 204 Å². The quantitative estimate of drug-likeness (QED) is 0.0242. The minimum absolute atomic E-state index is 0.0510. The maximum absolute atomic E-state index is 17.2. The molecule has 4 aliphatic rings. The molecule has 1 fully saturated rings. The lowest BCUT2D eigenvalue weighted by Crippen LogP contribution is -2.49. The number of halogens is 1. The molecular formula is C57H73FN8O9Si. The maximum atomic E-state index is 17.2. The number of carbonyl (C=O) groups is 3. The van der Waals surface area contributed by atoms with E-state index in [1.54, 1.807) is 38.7 Å². The molecule has 0 bridgehead atoms. The summed E-state index contributed by atoms with van der Waals surface area (Å²) in [5, 5.41) is 43.8. The van der Waals surface area contributed by atoms with Gasteiger partial charge in [0.2, 0.25) is 20.2 Å². The second-order valence-electron chi connectivity index (χ2n) is 20.8. The predicted molar refractivity (Wildman–Crippen MR) is 291 cm³/mol. The summed E-state index contributed by atoms with van der Waals surface area (Å²) < 4.78 is 37.9. The normalized spacial score (nSPS) is 22.1. The molecule has 2 unspecified atom stereocenters. The second-order valence-corrected chi connectivity index (χ2v) is 24.6. The second kappa shape index (κ2) is 23.7. The molecule has 9 rings (SSSR count). The van der Waals surface area contributed by atoms with Crippen LogP contribution in [0.25, 0.3) is 0 Å². The molecule has 406 valence electrons. The highest BCUT2D eigenvalue weighted by molar-refractivity contribution is 6.72. The average molecular weight is 1060 g/mol. The monoisotopic (exact) mass is 1060 g/mol. The SMILES string of the molecule is CCOc1ccc2c(c1)CC(NCCCCO)C(=O)N2c1cccc(CN2C(=O)[C@]3(O[C@H](CCn4cc(CCO)nn4)[C@@H]([Si](C)(C)F)[C@@H]3C)c3cc(N4C(=O)C(NCCCCO)Cc5cc(OCC)ccc54)ccc32)c1. The summed E-state index contributed by atoms with van der Waals surface area (Å²) in [6.07, 6.45) is 5.23. The average Bonchev–Trinajstić information content (AvgIpc) is 4.27. The van der Waals surface area contributed by atoms with Gasteiger partial charge in [-0.1, -0.05) is 24.3 Å². The summed E-state index contributed by atoms with van der Waals surface area (Å²) >= 11 is 0. The van der Waals surface area contributed by atoms with Crippen LogP contribution in [0.15, 0.2) is 85.1 Å². The zero-order valence-corrected chi connectivity index (χ0v) is 45.3. The number of nitrogens with zero attached hydrogens (tertiary/aromatic N) is 6. The number of carbonyl (C=O) groups excluding carboxylic acids is 3. The number of aliphatic hydroxyl groups is 3. The molecule has 5 heterocycles. The van der Waals surface area contributed by atoms with E-state index in [1.165, 1.54) is 0 Å². The Labute approximate surface area is 445 Å². The lowest BCUT2D eigenvalue weighted by Gasteiger charge is -2.36. The lowest BCUT2D eigenvalue weighted by atomic mass is 9.82. The molecule has 17 nitrogen and oxygen atoms in total. The molecule has 3 amide bonds. The summed E-state index contributed by atoms with van der Waals surface area (Å²) in [6.45, 7) is 11.6. The van der Waals surface area contributed by atoms with Crippen LogP contribution in [0, 0.1) is 5.92 Å². The van der Waals surface area contributed by atoms with Gasteiger partial charge in [0.1, 0.15) is 11.5 Å². The van der Waals surface area contributed by atoms with Gasteiger partial charge >= 0.3 is 0 Å². The summed E-state index contributed by atoms with van der Waals surface area (Å²) in [6, 6.07) is 23.5. The van der Waals surface area contributed by atoms with Gasteiger partial charge in [0.25, 0.3) is 5.91 Å². The smallest absolute Gasteiger partial charge is 0.264 e. The molecule has 19 heteroatoms. The van der Waals surface area contributed by atoms with E-state index in [1.807, 2.05) is 99.6 Å². The molecule has 0 radical (unpaired) electrons. The molecule has 6 atom stereocenters. The van der Waals surface area contributed by atoms with E-state index in [4.69, 9.17) is 14.2 Å². The van der Waals surface area contributed by atoms with Gasteiger partial charge in [-0.2, -0.15) is 0 Å². The van der Waals surface area contributed by atoms with Gasteiger partial charge in [-0.3, -0.25) is 28.9 Å². The first-order valence-electron chi connectivity index (χ1n) is 27.0. The molecule has 4 aliphatic heterocycles. The third kappa shape index (κ3) is 10.9.